The number of methoxy groups -OCH3 is 1. The Hall–Kier alpha value is -1.53. The number of hydrogen-bond acceptors (Lipinski definition) is 4. The van der Waals surface area contributed by atoms with Gasteiger partial charge < -0.3 is 15.0 Å². The normalized spacial score (nSPS) is 17.8. The fourth-order valence-corrected chi connectivity index (χ4v) is 3.31. The maximum atomic E-state index is 12.5. The van der Waals surface area contributed by atoms with Crippen molar-refractivity contribution in [1.82, 2.24) is 10.2 Å². The van der Waals surface area contributed by atoms with Crippen molar-refractivity contribution in [1.29, 1.82) is 0 Å². The monoisotopic (exact) mass is 308 g/mol. The van der Waals surface area contributed by atoms with E-state index < -0.39 is 0 Å². The van der Waals surface area contributed by atoms with Gasteiger partial charge in [-0.1, -0.05) is 18.2 Å². The standard InChI is InChI=1S/C15H20N2O3S/c1-20-9-5-8-16-14(18)13-10-21-11-17(13)15(19)12-6-3-2-4-7-12/h2-4,6-7,13H,5,8-11H2,1H3,(H,16,18). The molecule has 114 valence electrons. The van der Waals surface area contributed by atoms with Gasteiger partial charge in [-0.3, -0.25) is 9.59 Å². The second-order valence-electron chi connectivity index (χ2n) is 4.79. The summed E-state index contributed by atoms with van der Waals surface area (Å²) >= 11 is 1.60. The molecule has 5 nitrogen and oxygen atoms in total. The van der Waals surface area contributed by atoms with Crippen molar-refractivity contribution in [3.8, 4) is 0 Å². The van der Waals surface area contributed by atoms with Crippen LogP contribution < -0.4 is 5.32 Å². The van der Waals surface area contributed by atoms with Crippen LogP contribution in [-0.4, -0.2) is 54.6 Å². The maximum Gasteiger partial charge on any atom is 0.255 e. The molecule has 0 radical (unpaired) electrons. The van der Waals surface area contributed by atoms with Gasteiger partial charge in [0.15, 0.2) is 0 Å². The molecule has 1 aromatic carbocycles. The van der Waals surface area contributed by atoms with E-state index in [9.17, 15) is 9.59 Å². The summed E-state index contributed by atoms with van der Waals surface area (Å²) in [6.07, 6.45) is 0.773. The minimum atomic E-state index is -0.384. The van der Waals surface area contributed by atoms with E-state index in [0.717, 1.165) is 6.42 Å². The van der Waals surface area contributed by atoms with Crippen LogP contribution in [0.4, 0.5) is 0 Å². The third-order valence-electron chi connectivity index (χ3n) is 3.29. The summed E-state index contributed by atoms with van der Waals surface area (Å²) in [5.74, 6) is 1.04. The van der Waals surface area contributed by atoms with Crippen molar-refractivity contribution < 1.29 is 14.3 Å². The Kier molecular flexibility index (Phi) is 6.07. The van der Waals surface area contributed by atoms with Gasteiger partial charge in [-0.05, 0) is 18.6 Å². The van der Waals surface area contributed by atoms with Crippen molar-refractivity contribution >= 4 is 23.6 Å². The third kappa shape index (κ3) is 4.22. The second-order valence-corrected chi connectivity index (χ2v) is 5.79. The number of rotatable bonds is 6. The van der Waals surface area contributed by atoms with Gasteiger partial charge in [-0.2, -0.15) is 0 Å². The summed E-state index contributed by atoms with van der Waals surface area (Å²) in [7, 11) is 1.63. The van der Waals surface area contributed by atoms with Crippen LogP contribution in [0.15, 0.2) is 30.3 Å². The van der Waals surface area contributed by atoms with Crippen LogP contribution in [0.5, 0.6) is 0 Å². The molecule has 2 amide bonds. The van der Waals surface area contributed by atoms with Crippen LogP contribution in [0, 0.1) is 0 Å². The lowest BCUT2D eigenvalue weighted by molar-refractivity contribution is -0.124. The largest absolute Gasteiger partial charge is 0.385 e. The summed E-state index contributed by atoms with van der Waals surface area (Å²) < 4.78 is 4.95. The average molecular weight is 308 g/mol. The number of benzene rings is 1. The molecule has 6 heteroatoms. The fourth-order valence-electron chi connectivity index (χ4n) is 2.15. The fraction of sp³-hybridized carbons (Fsp3) is 0.467. The van der Waals surface area contributed by atoms with E-state index in [2.05, 4.69) is 5.32 Å². The van der Waals surface area contributed by atoms with Gasteiger partial charge in [0.1, 0.15) is 6.04 Å². The van der Waals surface area contributed by atoms with Crippen LogP contribution in [0.2, 0.25) is 0 Å². The van der Waals surface area contributed by atoms with Crippen molar-refractivity contribution in [2.45, 2.75) is 12.5 Å². The van der Waals surface area contributed by atoms with Crippen LogP contribution in [-0.2, 0) is 9.53 Å². The highest BCUT2D eigenvalue weighted by atomic mass is 32.2. The number of ether oxygens (including phenoxy) is 1. The van der Waals surface area contributed by atoms with Crippen LogP contribution in [0.25, 0.3) is 0 Å². The minimum absolute atomic E-state index is 0.0830. The smallest absolute Gasteiger partial charge is 0.255 e. The molecule has 0 aliphatic carbocycles. The molecule has 1 fully saturated rings. The molecule has 0 aromatic heterocycles. The second kappa shape index (κ2) is 8.05. The predicted molar refractivity (Wildman–Crippen MR) is 83.2 cm³/mol. The quantitative estimate of drug-likeness (QED) is 0.806. The van der Waals surface area contributed by atoms with Gasteiger partial charge in [0, 0.05) is 31.6 Å². The Bertz CT molecular complexity index is 481. The van der Waals surface area contributed by atoms with Crippen molar-refractivity contribution in [2.75, 3.05) is 31.9 Å². The van der Waals surface area contributed by atoms with Gasteiger partial charge in [0.05, 0.1) is 5.88 Å². The van der Waals surface area contributed by atoms with Crippen molar-refractivity contribution in [3.05, 3.63) is 35.9 Å². The average Bonchev–Trinajstić information content (AvgIpc) is 3.01. The number of amides is 2. The maximum absolute atomic E-state index is 12.5. The number of nitrogens with one attached hydrogen (secondary N) is 1. The number of carbonyl (C=O) groups is 2. The highest BCUT2D eigenvalue weighted by Crippen LogP contribution is 2.23. The summed E-state index contributed by atoms with van der Waals surface area (Å²) in [6.45, 7) is 1.19. The van der Waals surface area contributed by atoms with E-state index in [1.165, 1.54) is 0 Å². The molecule has 1 unspecified atom stereocenters. The number of carbonyl (C=O) groups excluding carboxylic acids is 2. The molecule has 1 aliphatic rings. The van der Waals surface area contributed by atoms with E-state index in [-0.39, 0.29) is 17.9 Å². The Morgan fingerprint density at radius 2 is 2.14 bits per heavy atom. The highest BCUT2D eigenvalue weighted by molar-refractivity contribution is 7.99. The Morgan fingerprint density at radius 1 is 1.38 bits per heavy atom. The molecule has 1 N–H and O–H groups in total. The predicted octanol–water partition coefficient (Wildman–Crippen LogP) is 1.35. The zero-order chi connectivity index (χ0) is 15.1. The molecule has 0 spiro atoms. The molecule has 1 aliphatic heterocycles. The zero-order valence-electron chi connectivity index (χ0n) is 12.1. The molecule has 0 bridgehead atoms. The molecule has 0 saturated carbocycles. The lowest BCUT2D eigenvalue weighted by Gasteiger charge is -2.23. The number of hydrogen-bond donors (Lipinski definition) is 1. The van der Waals surface area contributed by atoms with Crippen molar-refractivity contribution in [2.24, 2.45) is 0 Å². The Morgan fingerprint density at radius 3 is 2.86 bits per heavy atom. The summed E-state index contributed by atoms with van der Waals surface area (Å²) in [5, 5.41) is 2.87. The molecule has 2 rings (SSSR count). The molecular formula is C15H20N2O3S. The summed E-state index contributed by atoms with van der Waals surface area (Å²) in [4.78, 5) is 26.3. The topological polar surface area (TPSA) is 58.6 Å². The van der Waals surface area contributed by atoms with Crippen molar-refractivity contribution in [3.63, 3.8) is 0 Å². The number of thioether (sulfide) groups is 1. The van der Waals surface area contributed by atoms with Gasteiger partial charge in [-0.25, -0.2) is 0 Å². The molecular weight excluding hydrogens is 288 g/mol. The molecule has 1 heterocycles. The summed E-state index contributed by atoms with van der Waals surface area (Å²) in [6, 6.07) is 8.70. The summed E-state index contributed by atoms with van der Waals surface area (Å²) in [5.41, 5.74) is 0.622. The highest BCUT2D eigenvalue weighted by Gasteiger charge is 2.34. The first-order valence-corrected chi connectivity index (χ1v) is 8.10. The van der Waals surface area contributed by atoms with E-state index in [4.69, 9.17) is 4.74 Å². The Labute approximate surface area is 129 Å². The lowest BCUT2D eigenvalue weighted by atomic mass is 10.1. The first-order valence-electron chi connectivity index (χ1n) is 6.94. The SMILES string of the molecule is COCCCNC(=O)C1CSCN1C(=O)c1ccccc1. The molecule has 21 heavy (non-hydrogen) atoms. The van der Waals surface area contributed by atoms with Gasteiger partial charge in [-0.15, -0.1) is 11.8 Å². The van der Waals surface area contributed by atoms with Gasteiger partial charge >= 0.3 is 0 Å². The van der Waals surface area contributed by atoms with E-state index in [1.807, 2.05) is 18.2 Å². The Balaban J connectivity index is 1.93. The first kappa shape index (κ1) is 15.9. The van der Waals surface area contributed by atoms with E-state index in [0.29, 0.717) is 30.3 Å². The van der Waals surface area contributed by atoms with Gasteiger partial charge in [0.2, 0.25) is 5.91 Å². The molecule has 1 atom stereocenters. The first-order chi connectivity index (χ1) is 10.2. The van der Waals surface area contributed by atoms with E-state index >= 15 is 0 Å². The zero-order valence-corrected chi connectivity index (χ0v) is 12.9. The minimum Gasteiger partial charge on any atom is -0.385 e. The van der Waals surface area contributed by atoms with Crippen LogP contribution in [0.1, 0.15) is 16.8 Å². The number of nitrogens with zero attached hydrogens (tertiary/aromatic N) is 1. The lowest BCUT2D eigenvalue weighted by Crippen LogP contribution is -2.47. The van der Waals surface area contributed by atoms with Crippen LogP contribution >= 0.6 is 11.8 Å². The molecule has 1 aromatic rings. The van der Waals surface area contributed by atoms with E-state index in [1.54, 1.807) is 35.9 Å². The molecule has 1 saturated heterocycles. The third-order valence-corrected chi connectivity index (χ3v) is 4.30. The van der Waals surface area contributed by atoms with Gasteiger partial charge in [0.25, 0.3) is 5.91 Å². The van der Waals surface area contributed by atoms with Crippen LogP contribution in [0.3, 0.4) is 0 Å².